The highest BCUT2D eigenvalue weighted by Crippen LogP contribution is 2.44. The van der Waals surface area contributed by atoms with Gasteiger partial charge in [0, 0.05) is 0 Å². The Morgan fingerprint density at radius 1 is 1.28 bits per heavy atom. The number of hydrogen-bond donors (Lipinski definition) is 0. The molecule has 0 atom stereocenters. The van der Waals surface area contributed by atoms with Crippen LogP contribution in [0, 0.1) is 5.41 Å². The van der Waals surface area contributed by atoms with Crippen LogP contribution in [0.3, 0.4) is 0 Å². The van der Waals surface area contributed by atoms with Gasteiger partial charge in [0.05, 0.1) is 19.1 Å². The van der Waals surface area contributed by atoms with E-state index in [1.807, 2.05) is 31.2 Å². The molecule has 98 valence electrons. The highest BCUT2D eigenvalue weighted by molar-refractivity contribution is 5.78. The summed E-state index contributed by atoms with van der Waals surface area (Å²) < 4.78 is 10.3. The molecule has 0 N–H and O–H groups in total. The molecule has 0 radical (unpaired) electrons. The lowest BCUT2D eigenvalue weighted by atomic mass is 9.65. The van der Waals surface area contributed by atoms with E-state index < -0.39 is 0 Å². The summed E-state index contributed by atoms with van der Waals surface area (Å²) in [6, 6.07) is 7.99. The normalized spacial score (nSPS) is 16.8. The minimum absolute atomic E-state index is 0.0670. The lowest BCUT2D eigenvalue weighted by Crippen LogP contribution is -2.40. The molecule has 3 nitrogen and oxygen atoms in total. The number of carbonyl (C=O) groups is 1. The number of esters is 1. The van der Waals surface area contributed by atoms with Gasteiger partial charge in [-0.25, -0.2) is 0 Å². The highest BCUT2D eigenvalue weighted by atomic mass is 16.5. The lowest BCUT2D eigenvalue weighted by molar-refractivity contribution is -0.158. The van der Waals surface area contributed by atoms with E-state index in [-0.39, 0.29) is 11.4 Å². The van der Waals surface area contributed by atoms with Crippen LogP contribution in [0.1, 0.15) is 31.7 Å². The van der Waals surface area contributed by atoms with Crippen LogP contribution in [0.2, 0.25) is 0 Å². The van der Waals surface area contributed by atoms with Gasteiger partial charge in [0.1, 0.15) is 5.75 Å². The second kappa shape index (κ2) is 5.42. The summed E-state index contributed by atoms with van der Waals surface area (Å²) in [5.74, 6) is 0.810. The van der Waals surface area contributed by atoms with Gasteiger partial charge in [-0.3, -0.25) is 4.79 Å². The average Bonchev–Trinajstić information content (AvgIpc) is 2.35. The first-order chi connectivity index (χ1) is 8.70. The van der Waals surface area contributed by atoms with Crippen LogP contribution in [-0.2, 0) is 16.0 Å². The summed E-state index contributed by atoms with van der Waals surface area (Å²) in [5.41, 5.74) is 0.894. The first-order valence-electron chi connectivity index (χ1n) is 6.50. The van der Waals surface area contributed by atoms with E-state index >= 15 is 0 Å². The van der Waals surface area contributed by atoms with Crippen LogP contribution in [-0.4, -0.2) is 19.7 Å². The van der Waals surface area contributed by atoms with Crippen LogP contribution >= 0.6 is 0 Å². The SMILES string of the molecule is CCOc1ccc(CC2(C(=O)OC)CCC2)cc1. The second-order valence-corrected chi connectivity index (χ2v) is 4.88. The molecule has 0 unspecified atom stereocenters. The predicted molar refractivity (Wildman–Crippen MR) is 69.6 cm³/mol. The molecule has 0 aromatic heterocycles. The Kier molecular flexibility index (Phi) is 3.90. The van der Waals surface area contributed by atoms with Crippen molar-refractivity contribution >= 4 is 5.97 Å². The first kappa shape index (κ1) is 12.9. The van der Waals surface area contributed by atoms with Crippen LogP contribution in [0.15, 0.2) is 24.3 Å². The fourth-order valence-corrected chi connectivity index (χ4v) is 2.53. The molecule has 0 bridgehead atoms. The van der Waals surface area contributed by atoms with Crippen LogP contribution in [0.4, 0.5) is 0 Å². The summed E-state index contributed by atoms with van der Waals surface area (Å²) in [6.07, 6.45) is 3.76. The molecular formula is C15H20O3. The topological polar surface area (TPSA) is 35.5 Å². The third-order valence-electron chi connectivity index (χ3n) is 3.71. The van der Waals surface area contributed by atoms with E-state index in [9.17, 15) is 4.79 Å². The Hall–Kier alpha value is -1.51. The van der Waals surface area contributed by atoms with Gasteiger partial charge >= 0.3 is 5.97 Å². The molecule has 1 aromatic carbocycles. The molecule has 0 spiro atoms. The standard InChI is InChI=1S/C15H20O3/c1-3-18-13-7-5-12(6-8-13)11-15(9-4-10-15)14(16)17-2/h5-8H,3-4,9-11H2,1-2H3. The summed E-state index contributed by atoms with van der Waals surface area (Å²) >= 11 is 0. The molecule has 0 heterocycles. The third kappa shape index (κ3) is 2.50. The monoisotopic (exact) mass is 248 g/mol. The van der Waals surface area contributed by atoms with Crippen molar-refractivity contribution in [3.8, 4) is 5.75 Å². The zero-order chi connectivity index (χ0) is 13.0. The van der Waals surface area contributed by atoms with Gasteiger partial charge < -0.3 is 9.47 Å². The van der Waals surface area contributed by atoms with Gasteiger partial charge in [-0.2, -0.15) is 0 Å². The van der Waals surface area contributed by atoms with Gasteiger partial charge in [-0.15, -0.1) is 0 Å². The van der Waals surface area contributed by atoms with Crippen LogP contribution in [0.25, 0.3) is 0 Å². The number of carbonyl (C=O) groups excluding carboxylic acids is 1. The smallest absolute Gasteiger partial charge is 0.312 e. The summed E-state index contributed by atoms with van der Waals surface area (Å²) in [7, 11) is 1.47. The number of methoxy groups -OCH3 is 1. The van der Waals surface area contributed by atoms with Crippen molar-refractivity contribution in [1.82, 2.24) is 0 Å². The quantitative estimate of drug-likeness (QED) is 0.751. The zero-order valence-electron chi connectivity index (χ0n) is 11.1. The third-order valence-corrected chi connectivity index (χ3v) is 3.71. The second-order valence-electron chi connectivity index (χ2n) is 4.88. The molecule has 0 saturated heterocycles. The van der Waals surface area contributed by atoms with Gasteiger partial charge in [0.25, 0.3) is 0 Å². The molecule has 18 heavy (non-hydrogen) atoms. The van der Waals surface area contributed by atoms with Crippen molar-refractivity contribution in [2.75, 3.05) is 13.7 Å². The summed E-state index contributed by atoms with van der Waals surface area (Å²) in [4.78, 5) is 11.8. The molecule has 1 fully saturated rings. The van der Waals surface area contributed by atoms with Crippen molar-refractivity contribution in [2.24, 2.45) is 5.41 Å². The Balaban J connectivity index is 2.06. The van der Waals surface area contributed by atoms with Crippen molar-refractivity contribution in [3.63, 3.8) is 0 Å². The number of benzene rings is 1. The molecule has 0 aliphatic heterocycles. The van der Waals surface area contributed by atoms with Gasteiger partial charge in [-0.1, -0.05) is 18.6 Å². The Morgan fingerprint density at radius 3 is 2.39 bits per heavy atom. The van der Waals surface area contributed by atoms with Crippen molar-refractivity contribution in [3.05, 3.63) is 29.8 Å². The van der Waals surface area contributed by atoms with E-state index in [2.05, 4.69) is 0 Å². The predicted octanol–water partition coefficient (Wildman–Crippen LogP) is 2.97. The maximum absolute atomic E-state index is 11.8. The maximum atomic E-state index is 11.8. The highest BCUT2D eigenvalue weighted by Gasteiger charge is 2.45. The molecule has 0 amide bonds. The Bertz CT molecular complexity index is 404. The molecule has 1 aromatic rings. The molecule has 1 aliphatic rings. The van der Waals surface area contributed by atoms with E-state index in [1.165, 1.54) is 12.7 Å². The first-order valence-corrected chi connectivity index (χ1v) is 6.50. The van der Waals surface area contributed by atoms with E-state index in [4.69, 9.17) is 9.47 Å². The number of rotatable bonds is 5. The van der Waals surface area contributed by atoms with Gasteiger partial charge in [-0.05, 0) is 43.9 Å². The fraction of sp³-hybridized carbons (Fsp3) is 0.533. The van der Waals surface area contributed by atoms with Gasteiger partial charge in [0.2, 0.25) is 0 Å². The lowest BCUT2D eigenvalue weighted by Gasteiger charge is -2.39. The number of hydrogen-bond acceptors (Lipinski definition) is 3. The van der Waals surface area contributed by atoms with E-state index in [1.54, 1.807) is 0 Å². The van der Waals surface area contributed by atoms with Crippen molar-refractivity contribution in [1.29, 1.82) is 0 Å². The largest absolute Gasteiger partial charge is 0.494 e. The van der Waals surface area contributed by atoms with Crippen LogP contribution in [0.5, 0.6) is 5.75 Å². The Labute approximate surface area is 108 Å². The summed E-state index contributed by atoms with van der Waals surface area (Å²) in [5, 5.41) is 0. The average molecular weight is 248 g/mol. The van der Waals surface area contributed by atoms with Gasteiger partial charge in [0.15, 0.2) is 0 Å². The molecule has 3 heteroatoms. The van der Waals surface area contributed by atoms with Crippen LogP contribution < -0.4 is 4.74 Å². The minimum Gasteiger partial charge on any atom is -0.494 e. The summed E-state index contributed by atoms with van der Waals surface area (Å²) in [6.45, 7) is 2.64. The van der Waals surface area contributed by atoms with E-state index in [0.717, 1.165) is 31.4 Å². The minimum atomic E-state index is -0.276. The fourth-order valence-electron chi connectivity index (χ4n) is 2.53. The maximum Gasteiger partial charge on any atom is 0.312 e. The van der Waals surface area contributed by atoms with Crippen molar-refractivity contribution < 1.29 is 14.3 Å². The van der Waals surface area contributed by atoms with Crippen molar-refractivity contribution in [2.45, 2.75) is 32.6 Å². The molecule has 1 saturated carbocycles. The zero-order valence-corrected chi connectivity index (χ0v) is 11.1. The molecule has 1 aliphatic carbocycles. The molecule has 2 rings (SSSR count). The number of ether oxygens (including phenoxy) is 2. The molecular weight excluding hydrogens is 228 g/mol. The Morgan fingerprint density at radius 2 is 1.94 bits per heavy atom. The van der Waals surface area contributed by atoms with E-state index in [0.29, 0.717) is 6.61 Å².